The fourth-order valence-corrected chi connectivity index (χ4v) is 4.07. The van der Waals surface area contributed by atoms with Crippen LogP contribution in [0.25, 0.3) is 0 Å². The number of hydrogen-bond acceptors (Lipinski definition) is 3. The average Bonchev–Trinajstić information content (AvgIpc) is 3.14. The van der Waals surface area contributed by atoms with Crippen molar-refractivity contribution in [2.45, 2.75) is 25.6 Å². The zero-order valence-electron chi connectivity index (χ0n) is 15.0. The SMILES string of the molecule is Cc1ccc(C2=NN3[C@H](C2)c2ccccc2O[C@@H]3c2ccc(Br)cc2)cc1. The molecule has 3 aromatic carbocycles. The van der Waals surface area contributed by atoms with E-state index in [1.54, 1.807) is 0 Å². The van der Waals surface area contributed by atoms with Gasteiger partial charge in [-0.1, -0.05) is 76.1 Å². The number of fused-ring (bicyclic) bond motifs is 3. The van der Waals surface area contributed by atoms with Crippen molar-refractivity contribution in [1.82, 2.24) is 5.01 Å². The van der Waals surface area contributed by atoms with Crippen molar-refractivity contribution in [1.29, 1.82) is 0 Å². The van der Waals surface area contributed by atoms with E-state index < -0.39 is 0 Å². The standard InChI is InChI=1S/C23H19BrN2O/c1-15-6-8-16(9-7-15)20-14-21-19-4-2-3-5-22(19)27-23(26(21)25-20)17-10-12-18(24)13-11-17/h2-13,21,23H,14H2,1H3/t21-,23-/m1/s1. The summed E-state index contributed by atoms with van der Waals surface area (Å²) in [7, 11) is 0. The highest BCUT2D eigenvalue weighted by molar-refractivity contribution is 9.10. The predicted octanol–water partition coefficient (Wildman–Crippen LogP) is 6.00. The average molecular weight is 419 g/mol. The Hall–Kier alpha value is -2.59. The molecule has 0 spiro atoms. The molecule has 0 amide bonds. The van der Waals surface area contributed by atoms with E-state index >= 15 is 0 Å². The van der Waals surface area contributed by atoms with Crippen molar-refractivity contribution in [2.24, 2.45) is 5.10 Å². The van der Waals surface area contributed by atoms with Gasteiger partial charge in [0, 0.05) is 22.0 Å². The van der Waals surface area contributed by atoms with Gasteiger partial charge in [0.25, 0.3) is 0 Å². The maximum Gasteiger partial charge on any atom is 0.213 e. The van der Waals surface area contributed by atoms with Crippen LogP contribution in [0.3, 0.4) is 0 Å². The van der Waals surface area contributed by atoms with Gasteiger partial charge in [-0.3, -0.25) is 0 Å². The highest BCUT2D eigenvalue weighted by atomic mass is 79.9. The number of para-hydroxylation sites is 1. The molecule has 5 rings (SSSR count). The van der Waals surface area contributed by atoms with Gasteiger partial charge >= 0.3 is 0 Å². The summed E-state index contributed by atoms with van der Waals surface area (Å²) >= 11 is 3.52. The molecule has 4 heteroatoms. The molecule has 134 valence electrons. The van der Waals surface area contributed by atoms with Crippen LogP contribution in [0.4, 0.5) is 0 Å². The first-order valence-corrected chi connectivity index (χ1v) is 9.92. The van der Waals surface area contributed by atoms with E-state index in [2.05, 4.69) is 94.6 Å². The van der Waals surface area contributed by atoms with Gasteiger partial charge in [0.2, 0.25) is 6.23 Å². The lowest BCUT2D eigenvalue weighted by Crippen LogP contribution is -2.33. The Labute approximate surface area is 167 Å². The van der Waals surface area contributed by atoms with Crippen LogP contribution < -0.4 is 4.74 Å². The van der Waals surface area contributed by atoms with Crippen molar-refractivity contribution >= 4 is 21.6 Å². The third-order valence-corrected chi connectivity index (χ3v) is 5.77. The minimum Gasteiger partial charge on any atom is -0.464 e. The number of hydrazone groups is 1. The summed E-state index contributed by atoms with van der Waals surface area (Å²) in [5, 5.41) is 7.13. The molecule has 2 heterocycles. The van der Waals surface area contributed by atoms with Crippen molar-refractivity contribution in [2.75, 3.05) is 0 Å². The monoisotopic (exact) mass is 418 g/mol. The Bertz CT molecular complexity index is 1010. The van der Waals surface area contributed by atoms with E-state index in [0.29, 0.717) is 0 Å². The molecule has 0 radical (unpaired) electrons. The maximum atomic E-state index is 6.38. The second-order valence-electron chi connectivity index (χ2n) is 7.07. The van der Waals surface area contributed by atoms with Crippen molar-refractivity contribution < 1.29 is 4.74 Å². The van der Waals surface area contributed by atoms with Gasteiger partial charge in [-0.15, -0.1) is 0 Å². The largest absolute Gasteiger partial charge is 0.464 e. The van der Waals surface area contributed by atoms with Crippen LogP contribution in [-0.4, -0.2) is 10.7 Å². The highest BCUT2D eigenvalue weighted by Crippen LogP contribution is 2.47. The topological polar surface area (TPSA) is 24.8 Å². The van der Waals surface area contributed by atoms with Gasteiger partial charge in [-0.05, 0) is 30.7 Å². The lowest BCUT2D eigenvalue weighted by atomic mass is 9.95. The summed E-state index contributed by atoms with van der Waals surface area (Å²) in [4.78, 5) is 0. The summed E-state index contributed by atoms with van der Waals surface area (Å²) in [5.41, 5.74) is 5.87. The zero-order chi connectivity index (χ0) is 18.4. The van der Waals surface area contributed by atoms with Crippen LogP contribution in [-0.2, 0) is 0 Å². The Morgan fingerprint density at radius 1 is 0.963 bits per heavy atom. The number of benzene rings is 3. The normalized spacial score (nSPS) is 20.5. The van der Waals surface area contributed by atoms with Crippen molar-refractivity contribution in [3.63, 3.8) is 0 Å². The second kappa shape index (κ2) is 6.54. The lowest BCUT2D eigenvalue weighted by Gasteiger charge is -2.38. The summed E-state index contributed by atoms with van der Waals surface area (Å²) in [6.07, 6.45) is 0.664. The van der Waals surface area contributed by atoms with Gasteiger partial charge in [-0.25, -0.2) is 5.01 Å². The molecule has 0 unspecified atom stereocenters. The minimum absolute atomic E-state index is 0.194. The van der Waals surface area contributed by atoms with Crippen LogP contribution in [0, 0.1) is 6.92 Å². The third kappa shape index (κ3) is 2.94. The smallest absolute Gasteiger partial charge is 0.213 e. The lowest BCUT2D eigenvalue weighted by molar-refractivity contribution is -0.0190. The Kier molecular flexibility index (Phi) is 4.01. The van der Waals surface area contributed by atoms with Gasteiger partial charge in [-0.2, -0.15) is 5.10 Å². The van der Waals surface area contributed by atoms with Crippen LogP contribution in [0.2, 0.25) is 0 Å². The Balaban J connectivity index is 1.58. The molecule has 0 saturated heterocycles. The molecular weight excluding hydrogens is 400 g/mol. The maximum absolute atomic E-state index is 6.38. The van der Waals surface area contributed by atoms with Crippen LogP contribution >= 0.6 is 15.9 Å². The fourth-order valence-electron chi connectivity index (χ4n) is 3.80. The molecule has 0 aliphatic carbocycles. The minimum atomic E-state index is -0.221. The second-order valence-corrected chi connectivity index (χ2v) is 7.99. The molecule has 3 nitrogen and oxygen atoms in total. The molecular formula is C23H19BrN2O. The first-order valence-electron chi connectivity index (χ1n) is 9.13. The molecule has 3 aromatic rings. The molecule has 0 N–H and O–H groups in total. The summed E-state index contributed by atoms with van der Waals surface area (Å²) < 4.78 is 7.44. The van der Waals surface area contributed by atoms with Crippen LogP contribution in [0.15, 0.2) is 82.4 Å². The van der Waals surface area contributed by atoms with Crippen LogP contribution in [0.5, 0.6) is 5.75 Å². The van der Waals surface area contributed by atoms with Crippen molar-refractivity contribution in [3.8, 4) is 5.75 Å². The Morgan fingerprint density at radius 3 is 2.48 bits per heavy atom. The Morgan fingerprint density at radius 2 is 1.70 bits per heavy atom. The number of rotatable bonds is 2. The first kappa shape index (κ1) is 16.6. The van der Waals surface area contributed by atoms with E-state index in [1.807, 2.05) is 6.07 Å². The van der Waals surface area contributed by atoms with Crippen molar-refractivity contribution in [3.05, 3.63) is 99.5 Å². The summed E-state index contributed by atoms with van der Waals surface area (Å²) in [5.74, 6) is 0.951. The van der Waals surface area contributed by atoms with E-state index in [4.69, 9.17) is 9.84 Å². The number of ether oxygens (including phenoxy) is 1. The van der Waals surface area contributed by atoms with E-state index in [-0.39, 0.29) is 12.3 Å². The molecule has 2 aliphatic rings. The predicted molar refractivity (Wildman–Crippen MR) is 111 cm³/mol. The van der Waals surface area contributed by atoms with Crippen LogP contribution in [0.1, 0.15) is 40.9 Å². The molecule has 0 bridgehead atoms. The zero-order valence-corrected chi connectivity index (χ0v) is 16.6. The summed E-state index contributed by atoms with van der Waals surface area (Å²) in [6.45, 7) is 2.11. The van der Waals surface area contributed by atoms with E-state index in [9.17, 15) is 0 Å². The molecule has 27 heavy (non-hydrogen) atoms. The van der Waals surface area contributed by atoms with E-state index in [1.165, 1.54) is 16.7 Å². The number of aryl methyl sites for hydroxylation is 1. The molecule has 2 aliphatic heterocycles. The third-order valence-electron chi connectivity index (χ3n) is 5.24. The van der Waals surface area contributed by atoms with E-state index in [0.717, 1.165) is 27.9 Å². The molecule has 2 atom stereocenters. The number of halogens is 1. The quantitative estimate of drug-likeness (QED) is 0.509. The number of nitrogens with zero attached hydrogens (tertiary/aromatic N) is 2. The van der Waals surface area contributed by atoms with Gasteiger partial charge < -0.3 is 4.74 Å². The molecule has 0 saturated carbocycles. The van der Waals surface area contributed by atoms with Gasteiger partial charge in [0.1, 0.15) is 5.75 Å². The summed E-state index contributed by atoms with van der Waals surface area (Å²) in [6, 6.07) is 25.4. The van der Waals surface area contributed by atoms with Gasteiger partial charge in [0.15, 0.2) is 0 Å². The molecule has 0 aromatic heterocycles. The fraction of sp³-hybridized carbons (Fsp3) is 0.174. The molecule has 0 fully saturated rings. The number of hydrogen-bond donors (Lipinski definition) is 0. The highest BCUT2D eigenvalue weighted by Gasteiger charge is 2.40. The first-order chi connectivity index (χ1) is 13.2. The van der Waals surface area contributed by atoms with Gasteiger partial charge in [0.05, 0.1) is 11.8 Å².